The van der Waals surface area contributed by atoms with Gasteiger partial charge in [-0.05, 0) is 53.2 Å². The Morgan fingerprint density at radius 3 is 2.64 bits per heavy atom. The van der Waals surface area contributed by atoms with E-state index in [4.69, 9.17) is 9.47 Å². The van der Waals surface area contributed by atoms with E-state index in [9.17, 15) is 4.79 Å². The third-order valence-corrected chi connectivity index (χ3v) is 3.71. The van der Waals surface area contributed by atoms with E-state index in [1.807, 2.05) is 19.1 Å². The van der Waals surface area contributed by atoms with Gasteiger partial charge in [-0.2, -0.15) is 0 Å². The number of aryl methyl sites for hydroxylation is 1. The van der Waals surface area contributed by atoms with E-state index in [0.29, 0.717) is 22.7 Å². The van der Waals surface area contributed by atoms with Crippen molar-refractivity contribution in [2.75, 3.05) is 19.5 Å². The Morgan fingerprint density at radius 1 is 1.12 bits per heavy atom. The third kappa shape index (κ3) is 3.42. The van der Waals surface area contributed by atoms with Gasteiger partial charge in [-0.15, -0.1) is 5.10 Å². The first-order valence-electron chi connectivity index (χ1n) is 7.49. The summed E-state index contributed by atoms with van der Waals surface area (Å²) in [4.78, 5) is 12.7. The van der Waals surface area contributed by atoms with Crippen molar-refractivity contribution in [1.82, 2.24) is 20.2 Å². The average Bonchev–Trinajstić information content (AvgIpc) is 3.17. The zero-order chi connectivity index (χ0) is 17.8. The summed E-state index contributed by atoms with van der Waals surface area (Å²) in [5.41, 5.74) is 2.75. The van der Waals surface area contributed by atoms with Crippen LogP contribution in [0.4, 0.5) is 5.69 Å². The number of carbonyl (C=O) groups excluding carboxylic acids is 1. The molecule has 1 aromatic heterocycles. The largest absolute Gasteiger partial charge is 0.497 e. The van der Waals surface area contributed by atoms with Gasteiger partial charge in [0.2, 0.25) is 0 Å². The maximum atomic E-state index is 12.7. The van der Waals surface area contributed by atoms with Gasteiger partial charge in [0, 0.05) is 5.69 Å². The van der Waals surface area contributed by atoms with E-state index in [1.54, 1.807) is 31.4 Å². The minimum absolute atomic E-state index is 0.303. The molecular weight excluding hydrogens is 322 g/mol. The average molecular weight is 339 g/mol. The van der Waals surface area contributed by atoms with Gasteiger partial charge < -0.3 is 14.8 Å². The number of nitrogens with zero attached hydrogens (tertiary/aromatic N) is 4. The van der Waals surface area contributed by atoms with Crippen molar-refractivity contribution < 1.29 is 14.3 Å². The van der Waals surface area contributed by atoms with Crippen molar-refractivity contribution >= 4 is 11.6 Å². The molecule has 0 radical (unpaired) electrons. The maximum Gasteiger partial charge on any atom is 0.259 e. The van der Waals surface area contributed by atoms with E-state index < -0.39 is 0 Å². The van der Waals surface area contributed by atoms with Crippen LogP contribution in [-0.2, 0) is 0 Å². The molecule has 2 aromatic carbocycles. The molecule has 25 heavy (non-hydrogen) atoms. The molecule has 0 unspecified atom stereocenters. The molecule has 0 spiro atoms. The number of methoxy groups -OCH3 is 2. The van der Waals surface area contributed by atoms with Gasteiger partial charge in [-0.3, -0.25) is 4.79 Å². The number of nitrogens with one attached hydrogen (secondary N) is 1. The second kappa shape index (κ2) is 7.00. The van der Waals surface area contributed by atoms with Gasteiger partial charge in [0.05, 0.1) is 25.5 Å². The number of anilines is 1. The summed E-state index contributed by atoms with van der Waals surface area (Å²) in [7, 11) is 3.06. The number of tetrazole rings is 1. The van der Waals surface area contributed by atoms with Crippen molar-refractivity contribution in [2.24, 2.45) is 0 Å². The first-order chi connectivity index (χ1) is 12.1. The van der Waals surface area contributed by atoms with Gasteiger partial charge in [-0.1, -0.05) is 6.07 Å². The Kier molecular flexibility index (Phi) is 4.60. The molecule has 0 aliphatic rings. The summed E-state index contributed by atoms with van der Waals surface area (Å²) < 4.78 is 12.0. The fraction of sp³-hybridized carbons (Fsp3) is 0.176. The molecule has 0 bridgehead atoms. The Labute approximate surface area is 144 Å². The first kappa shape index (κ1) is 16.4. The lowest BCUT2D eigenvalue weighted by atomic mass is 10.1. The third-order valence-electron chi connectivity index (χ3n) is 3.71. The Balaban J connectivity index is 1.90. The standard InChI is InChI=1S/C17H17N5O3/c1-11-4-5-12(8-15(11)22-10-18-20-21-22)19-17(23)14-9-13(24-2)6-7-16(14)25-3/h4-10H,1-3H3,(H,19,23). The lowest BCUT2D eigenvalue weighted by Gasteiger charge is -2.12. The normalized spacial score (nSPS) is 10.4. The molecule has 1 N–H and O–H groups in total. The molecule has 1 heterocycles. The minimum Gasteiger partial charge on any atom is -0.497 e. The van der Waals surface area contributed by atoms with Gasteiger partial charge in [0.25, 0.3) is 5.91 Å². The quantitative estimate of drug-likeness (QED) is 0.766. The van der Waals surface area contributed by atoms with Crippen molar-refractivity contribution in [3.63, 3.8) is 0 Å². The predicted molar refractivity (Wildman–Crippen MR) is 91.4 cm³/mol. The van der Waals surface area contributed by atoms with Crippen molar-refractivity contribution in [3.05, 3.63) is 53.9 Å². The van der Waals surface area contributed by atoms with E-state index in [-0.39, 0.29) is 5.91 Å². The SMILES string of the molecule is COc1ccc(OC)c(C(=O)Nc2ccc(C)c(-n3cnnn3)c2)c1. The van der Waals surface area contributed by atoms with Crippen molar-refractivity contribution in [3.8, 4) is 17.2 Å². The highest BCUT2D eigenvalue weighted by molar-refractivity contribution is 6.06. The number of hydrogen-bond acceptors (Lipinski definition) is 6. The van der Waals surface area contributed by atoms with Crippen molar-refractivity contribution in [1.29, 1.82) is 0 Å². The van der Waals surface area contributed by atoms with Crippen LogP contribution in [0, 0.1) is 6.92 Å². The highest BCUT2D eigenvalue weighted by Gasteiger charge is 2.15. The lowest BCUT2D eigenvalue weighted by Crippen LogP contribution is -2.14. The zero-order valence-corrected chi connectivity index (χ0v) is 14.1. The number of hydrogen-bond donors (Lipinski definition) is 1. The molecule has 3 aromatic rings. The van der Waals surface area contributed by atoms with Gasteiger partial charge in [0.1, 0.15) is 17.8 Å². The molecule has 3 rings (SSSR count). The number of aromatic nitrogens is 4. The number of carbonyl (C=O) groups is 1. The summed E-state index contributed by atoms with van der Waals surface area (Å²) in [5, 5.41) is 14.0. The molecule has 8 nitrogen and oxygen atoms in total. The Morgan fingerprint density at radius 2 is 1.96 bits per heavy atom. The second-order valence-corrected chi connectivity index (χ2v) is 5.28. The molecule has 8 heteroatoms. The molecule has 0 saturated carbocycles. The van der Waals surface area contributed by atoms with Crippen LogP contribution in [0.2, 0.25) is 0 Å². The number of rotatable bonds is 5. The Bertz CT molecular complexity index is 893. The fourth-order valence-corrected chi connectivity index (χ4v) is 2.40. The van der Waals surface area contributed by atoms with E-state index in [0.717, 1.165) is 11.3 Å². The molecule has 0 saturated heterocycles. The minimum atomic E-state index is -0.303. The lowest BCUT2D eigenvalue weighted by molar-refractivity contribution is 0.102. The summed E-state index contributed by atoms with van der Waals surface area (Å²) in [5.74, 6) is 0.734. The maximum absolute atomic E-state index is 12.7. The van der Waals surface area contributed by atoms with Crippen LogP contribution in [0.5, 0.6) is 11.5 Å². The van der Waals surface area contributed by atoms with Crippen LogP contribution in [0.3, 0.4) is 0 Å². The van der Waals surface area contributed by atoms with E-state index in [2.05, 4.69) is 20.8 Å². The van der Waals surface area contributed by atoms with E-state index >= 15 is 0 Å². The number of ether oxygens (including phenoxy) is 2. The highest BCUT2D eigenvalue weighted by Crippen LogP contribution is 2.25. The van der Waals surface area contributed by atoms with Gasteiger partial charge >= 0.3 is 0 Å². The second-order valence-electron chi connectivity index (χ2n) is 5.28. The van der Waals surface area contributed by atoms with Crippen molar-refractivity contribution in [2.45, 2.75) is 6.92 Å². The van der Waals surface area contributed by atoms with Crippen LogP contribution in [-0.4, -0.2) is 40.3 Å². The van der Waals surface area contributed by atoms with Crippen LogP contribution in [0.25, 0.3) is 5.69 Å². The molecule has 0 fully saturated rings. The van der Waals surface area contributed by atoms with Crippen LogP contribution in [0.1, 0.15) is 15.9 Å². The Hall–Kier alpha value is -3.42. The summed E-state index contributed by atoms with van der Waals surface area (Å²) in [6, 6.07) is 10.6. The molecule has 0 aliphatic carbocycles. The molecular formula is C17H17N5O3. The summed E-state index contributed by atoms with van der Waals surface area (Å²) >= 11 is 0. The number of amides is 1. The highest BCUT2D eigenvalue weighted by atomic mass is 16.5. The van der Waals surface area contributed by atoms with Crippen LogP contribution >= 0.6 is 0 Å². The van der Waals surface area contributed by atoms with Gasteiger partial charge in [0.15, 0.2) is 0 Å². The number of benzene rings is 2. The fourth-order valence-electron chi connectivity index (χ4n) is 2.40. The van der Waals surface area contributed by atoms with Gasteiger partial charge in [-0.25, -0.2) is 4.68 Å². The molecule has 0 atom stereocenters. The summed E-state index contributed by atoms with van der Waals surface area (Å²) in [6.45, 7) is 1.94. The molecule has 0 aliphatic heterocycles. The predicted octanol–water partition coefficient (Wildman–Crippen LogP) is 2.24. The summed E-state index contributed by atoms with van der Waals surface area (Å²) in [6.07, 6.45) is 1.50. The molecule has 128 valence electrons. The molecule has 1 amide bonds. The first-order valence-corrected chi connectivity index (χ1v) is 7.49. The smallest absolute Gasteiger partial charge is 0.259 e. The van der Waals surface area contributed by atoms with E-state index in [1.165, 1.54) is 18.1 Å². The monoisotopic (exact) mass is 339 g/mol. The van der Waals surface area contributed by atoms with Crippen LogP contribution < -0.4 is 14.8 Å². The topological polar surface area (TPSA) is 91.2 Å². The zero-order valence-electron chi connectivity index (χ0n) is 14.1. The van der Waals surface area contributed by atoms with Crippen LogP contribution in [0.15, 0.2) is 42.7 Å².